The highest BCUT2D eigenvalue weighted by molar-refractivity contribution is 9.10. The zero-order valence-electron chi connectivity index (χ0n) is 9.80. The van der Waals surface area contributed by atoms with Crippen molar-refractivity contribution in [3.05, 3.63) is 28.0 Å². The molecule has 18 heavy (non-hydrogen) atoms. The standard InChI is InChI=1S/C12H15BrF2N2O/c13-8-1-2-9(15)12(18)11(8)10(7-14)17-5-3-16-4-6-17/h1-2,10,16,18H,3-7H2/t10-/m1/s1. The van der Waals surface area contributed by atoms with Crippen LogP contribution in [0, 0.1) is 5.82 Å². The van der Waals surface area contributed by atoms with E-state index >= 15 is 0 Å². The van der Waals surface area contributed by atoms with Crippen molar-refractivity contribution in [3.63, 3.8) is 0 Å². The van der Waals surface area contributed by atoms with Crippen LogP contribution in [-0.4, -0.2) is 42.9 Å². The van der Waals surface area contributed by atoms with Gasteiger partial charge in [0.2, 0.25) is 0 Å². The molecule has 1 aliphatic heterocycles. The second-order valence-electron chi connectivity index (χ2n) is 4.25. The Labute approximate surface area is 113 Å². The fourth-order valence-electron chi connectivity index (χ4n) is 2.22. The van der Waals surface area contributed by atoms with Crippen molar-refractivity contribution in [2.75, 3.05) is 32.9 Å². The molecule has 3 nitrogen and oxygen atoms in total. The number of rotatable bonds is 3. The van der Waals surface area contributed by atoms with Crippen molar-refractivity contribution < 1.29 is 13.9 Å². The summed E-state index contributed by atoms with van der Waals surface area (Å²) in [5.74, 6) is -1.19. The molecule has 0 amide bonds. The first-order chi connectivity index (χ1) is 8.65. The molecule has 1 heterocycles. The summed E-state index contributed by atoms with van der Waals surface area (Å²) in [6.07, 6.45) is 0. The number of alkyl halides is 1. The van der Waals surface area contributed by atoms with Crippen molar-refractivity contribution in [2.45, 2.75) is 6.04 Å². The lowest BCUT2D eigenvalue weighted by Crippen LogP contribution is -2.45. The molecule has 0 spiro atoms. The minimum Gasteiger partial charge on any atom is -0.505 e. The van der Waals surface area contributed by atoms with Gasteiger partial charge in [0.25, 0.3) is 0 Å². The van der Waals surface area contributed by atoms with Gasteiger partial charge in [0, 0.05) is 36.2 Å². The molecule has 2 N–H and O–H groups in total. The summed E-state index contributed by atoms with van der Waals surface area (Å²) < 4.78 is 27.2. The summed E-state index contributed by atoms with van der Waals surface area (Å²) >= 11 is 3.25. The van der Waals surface area contributed by atoms with Crippen molar-refractivity contribution in [3.8, 4) is 5.75 Å². The Hall–Kier alpha value is -0.720. The number of nitrogens with one attached hydrogen (secondary N) is 1. The van der Waals surface area contributed by atoms with E-state index in [1.807, 2.05) is 4.90 Å². The van der Waals surface area contributed by atoms with E-state index in [1.165, 1.54) is 6.07 Å². The molecule has 0 radical (unpaired) electrons. The third-order valence-corrected chi connectivity index (χ3v) is 3.88. The number of piperazine rings is 1. The molecular formula is C12H15BrF2N2O. The summed E-state index contributed by atoms with van der Waals surface area (Å²) in [5.41, 5.74) is 0.291. The van der Waals surface area contributed by atoms with Crippen LogP contribution >= 0.6 is 15.9 Å². The summed E-state index contributed by atoms with van der Waals surface area (Å²) in [6, 6.07) is 2.04. The van der Waals surface area contributed by atoms with E-state index in [9.17, 15) is 13.9 Å². The highest BCUT2D eigenvalue weighted by atomic mass is 79.9. The third-order valence-electron chi connectivity index (χ3n) is 3.19. The summed E-state index contributed by atoms with van der Waals surface area (Å²) in [4.78, 5) is 1.91. The highest BCUT2D eigenvalue weighted by Gasteiger charge is 2.27. The van der Waals surface area contributed by atoms with E-state index in [1.54, 1.807) is 0 Å². The maximum atomic E-state index is 13.4. The van der Waals surface area contributed by atoms with Gasteiger partial charge in [-0.1, -0.05) is 15.9 Å². The van der Waals surface area contributed by atoms with Crippen LogP contribution in [0.3, 0.4) is 0 Å². The molecule has 0 aliphatic carbocycles. The molecule has 0 unspecified atom stereocenters. The lowest BCUT2D eigenvalue weighted by molar-refractivity contribution is 0.144. The number of hydrogen-bond donors (Lipinski definition) is 2. The molecule has 1 aliphatic rings. The van der Waals surface area contributed by atoms with E-state index in [4.69, 9.17) is 0 Å². The van der Waals surface area contributed by atoms with Crippen molar-refractivity contribution in [1.82, 2.24) is 10.2 Å². The quantitative estimate of drug-likeness (QED) is 0.896. The Morgan fingerprint density at radius 1 is 1.39 bits per heavy atom. The van der Waals surface area contributed by atoms with E-state index in [-0.39, 0.29) is 0 Å². The fraction of sp³-hybridized carbons (Fsp3) is 0.500. The van der Waals surface area contributed by atoms with Crippen LogP contribution in [0.15, 0.2) is 16.6 Å². The first kappa shape index (κ1) is 13.7. The van der Waals surface area contributed by atoms with Crippen molar-refractivity contribution >= 4 is 15.9 Å². The number of phenols is 1. The van der Waals surface area contributed by atoms with Crippen LogP contribution in [0.4, 0.5) is 8.78 Å². The topological polar surface area (TPSA) is 35.5 Å². The maximum Gasteiger partial charge on any atom is 0.165 e. The molecule has 1 saturated heterocycles. The number of aromatic hydroxyl groups is 1. The Morgan fingerprint density at radius 3 is 2.67 bits per heavy atom. The van der Waals surface area contributed by atoms with Gasteiger partial charge in [0.15, 0.2) is 11.6 Å². The van der Waals surface area contributed by atoms with Crippen LogP contribution in [0.5, 0.6) is 5.75 Å². The summed E-state index contributed by atoms with van der Waals surface area (Å²) in [7, 11) is 0. The molecule has 1 fully saturated rings. The SMILES string of the molecule is Oc1c(F)ccc(Br)c1[C@@H](CF)N1CCNCC1. The molecule has 6 heteroatoms. The van der Waals surface area contributed by atoms with Gasteiger partial charge in [-0.2, -0.15) is 0 Å². The van der Waals surface area contributed by atoms with E-state index in [0.29, 0.717) is 23.1 Å². The van der Waals surface area contributed by atoms with Crippen LogP contribution < -0.4 is 5.32 Å². The van der Waals surface area contributed by atoms with Gasteiger partial charge in [-0.3, -0.25) is 4.90 Å². The minimum absolute atomic E-state index is 0.291. The van der Waals surface area contributed by atoms with E-state index < -0.39 is 24.3 Å². The molecule has 1 atom stereocenters. The maximum absolute atomic E-state index is 13.4. The third kappa shape index (κ3) is 2.65. The molecule has 0 bridgehead atoms. The lowest BCUT2D eigenvalue weighted by Gasteiger charge is -2.34. The smallest absolute Gasteiger partial charge is 0.165 e. The monoisotopic (exact) mass is 320 g/mol. The van der Waals surface area contributed by atoms with Gasteiger partial charge in [-0.05, 0) is 12.1 Å². The Balaban J connectivity index is 2.34. The zero-order valence-corrected chi connectivity index (χ0v) is 11.4. The first-order valence-electron chi connectivity index (χ1n) is 5.82. The number of nitrogens with zero attached hydrogens (tertiary/aromatic N) is 1. The van der Waals surface area contributed by atoms with Gasteiger partial charge in [0.05, 0.1) is 6.04 Å². The number of phenolic OH excluding ortho intramolecular Hbond substituents is 1. The average molecular weight is 321 g/mol. The van der Waals surface area contributed by atoms with Crippen LogP contribution in [0.25, 0.3) is 0 Å². The van der Waals surface area contributed by atoms with Gasteiger partial charge >= 0.3 is 0 Å². The van der Waals surface area contributed by atoms with Crippen LogP contribution in [0.2, 0.25) is 0 Å². The van der Waals surface area contributed by atoms with E-state index in [0.717, 1.165) is 19.2 Å². The lowest BCUT2D eigenvalue weighted by atomic mass is 10.0. The molecular weight excluding hydrogens is 306 g/mol. The molecule has 100 valence electrons. The zero-order chi connectivity index (χ0) is 13.1. The molecule has 2 rings (SSSR count). The fourth-order valence-corrected chi connectivity index (χ4v) is 2.81. The van der Waals surface area contributed by atoms with E-state index in [2.05, 4.69) is 21.2 Å². The Bertz CT molecular complexity index is 425. The number of hydrogen-bond acceptors (Lipinski definition) is 3. The number of benzene rings is 1. The molecule has 1 aromatic rings. The number of halogens is 3. The second kappa shape index (κ2) is 5.95. The van der Waals surface area contributed by atoms with Crippen molar-refractivity contribution in [1.29, 1.82) is 0 Å². The van der Waals surface area contributed by atoms with Gasteiger partial charge < -0.3 is 10.4 Å². The normalized spacial score (nSPS) is 18.8. The predicted molar refractivity (Wildman–Crippen MR) is 68.9 cm³/mol. The Kier molecular flexibility index (Phi) is 4.53. The summed E-state index contributed by atoms with van der Waals surface area (Å²) in [5, 5.41) is 13.0. The Morgan fingerprint density at radius 2 is 2.06 bits per heavy atom. The molecule has 0 saturated carbocycles. The first-order valence-corrected chi connectivity index (χ1v) is 6.62. The van der Waals surface area contributed by atoms with Crippen molar-refractivity contribution in [2.24, 2.45) is 0 Å². The van der Waals surface area contributed by atoms with Gasteiger partial charge in [-0.25, -0.2) is 8.78 Å². The minimum atomic E-state index is -0.721. The van der Waals surface area contributed by atoms with Gasteiger partial charge in [0.1, 0.15) is 6.67 Å². The molecule has 1 aromatic carbocycles. The molecule has 0 aromatic heterocycles. The van der Waals surface area contributed by atoms with Gasteiger partial charge in [-0.15, -0.1) is 0 Å². The average Bonchev–Trinajstić information content (AvgIpc) is 2.40. The predicted octanol–water partition coefficient (Wildman–Crippen LogP) is 2.21. The second-order valence-corrected chi connectivity index (χ2v) is 5.10. The van der Waals surface area contributed by atoms with Crippen LogP contribution in [-0.2, 0) is 0 Å². The largest absolute Gasteiger partial charge is 0.505 e. The summed E-state index contributed by atoms with van der Waals surface area (Å²) in [6.45, 7) is 2.23. The van der Waals surface area contributed by atoms with Crippen LogP contribution in [0.1, 0.15) is 11.6 Å². The highest BCUT2D eigenvalue weighted by Crippen LogP contribution is 2.37.